The summed E-state index contributed by atoms with van der Waals surface area (Å²) in [4.78, 5) is 48.8. The molecular formula is C25H32N6O3S. The minimum atomic E-state index is -0.275. The van der Waals surface area contributed by atoms with E-state index in [4.69, 9.17) is 0 Å². The van der Waals surface area contributed by atoms with Gasteiger partial charge in [0.2, 0.25) is 11.8 Å². The number of fused-ring (bicyclic) bond motifs is 1. The second-order valence-corrected chi connectivity index (χ2v) is 9.98. The number of carbonyl (C=O) groups excluding carboxylic acids is 2. The van der Waals surface area contributed by atoms with Crippen molar-refractivity contribution >= 4 is 38.6 Å². The lowest BCUT2D eigenvalue weighted by Crippen LogP contribution is -2.43. The fourth-order valence-corrected chi connectivity index (χ4v) is 5.35. The smallest absolute Gasteiger partial charge is 0.273 e. The molecule has 1 aromatic carbocycles. The molecule has 0 saturated carbocycles. The highest BCUT2D eigenvalue weighted by Crippen LogP contribution is 2.29. The van der Waals surface area contributed by atoms with Crippen LogP contribution in [0.5, 0.6) is 0 Å². The van der Waals surface area contributed by atoms with E-state index in [-0.39, 0.29) is 35.9 Å². The van der Waals surface area contributed by atoms with E-state index >= 15 is 0 Å². The number of hydrogen-bond donors (Lipinski definition) is 2. The van der Waals surface area contributed by atoms with Gasteiger partial charge in [-0.3, -0.25) is 19.0 Å². The molecule has 0 spiro atoms. The number of benzene rings is 1. The molecule has 10 heteroatoms. The average molecular weight is 497 g/mol. The van der Waals surface area contributed by atoms with Crippen LogP contribution in [0.25, 0.3) is 10.3 Å². The number of carbonyl (C=O) groups is 2. The molecule has 0 radical (unpaired) electrons. The van der Waals surface area contributed by atoms with E-state index in [1.165, 1.54) is 27.8 Å². The van der Waals surface area contributed by atoms with Gasteiger partial charge in [-0.25, -0.2) is 4.98 Å². The first-order chi connectivity index (χ1) is 16.9. The number of nitrogens with one attached hydrogen (secondary N) is 2. The molecule has 186 valence electrons. The molecular weight excluding hydrogens is 464 g/mol. The maximum absolute atomic E-state index is 13.0. The van der Waals surface area contributed by atoms with Gasteiger partial charge < -0.3 is 15.5 Å². The van der Waals surface area contributed by atoms with Crippen LogP contribution < -0.4 is 21.1 Å². The summed E-state index contributed by atoms with van der Waals surface area (Å²) in [5.74, 6) is -0.255. The van der Waals surface area contributed by atoms with Crippen LogP contribution in [-0.4, -0.2) is 52.0 Å². The Bertz CT molecular complexity index is 1220. The standard InChI is InChI=1S/C25H32N6O3S/c1-3-26-23(33)19-10-7-13-30(14-19)25-29-22-21(35-25)24(34)31(16-27-22)15-20(32)28-17(2)11-12-18-8-5-4-6-9-18/h4-6,8-9,16-17,19H,3,7,10-15H2,1-2H3,(H,26,33)(H,28,32)/t17-,19-/m0/s1. The lowest BCUT2D eigenvalue weighted by Gasteiger charge is -2.31. The van der Waals surface area contributed by atoms with Crippen LogP contribution >= 0.6 is 11.3 Å². The van der Waals surface area contributed by atoms with E-state index in [0.717, 1.165) is 32.2 Å². The normalized spacial score (nSPS) is 16.7. The topological polar surface area (TPSA) is 109 Å². The molecule has 35 heavy (non-hydrogen) atoms. The first kappa shape index (κ1) is 24.8. The van der Waals surface area contributed by atoms with Crippen LogP contribution in [0.1, 0.15) is 38.7 Å². The van der Waals surface area contributed by atoms with Crippen molar-refractivity contribution in [3.63, 3.8) is 0 Å². The van der Waals surface area contributed by atoms with E-state index in [0.29, 0.717) is 28.6 Å². The van der Waals surface area contributed by atoms with Crippen molar-refractivity contribution in [3.8, 4) is 0 Å². The molecule has 0 aliphatic carbocycles. The molecule has 1 fully saturated rings. The number of anilines is 1. The van der Waals surface area contributed by atoms with Crippen LogP contribution in [0.2, 0.25) is 0 Å². The predicted octanol–water partition coefficient (Wildman–Crippen LogP) is 2.34. The van der Waals surface area contributed by atoms with E-state index in [1.807, 2.05) is 32.0 Å². The van der Waals surface area contributed by atoms with Gasteiger partial charge in [-0.1, -0.05) is 41.7 Å². The maximum Gasteiger partial charge on any atom is 0.273 e. The summed E-state index contributed by atoms with van der Waals surface area (Å²) < 4.78 is 1.75. The van der Waals surface area contributed by atoms with Crippen molar-refractivity contribution in [2.45, 2.75) is 52.1 Å². The van der Waals surface area contributed by atoms with Gasteiger partial charge in [0.25, 0.3) is 5.56 Å². The average Bonchev–Trinajstić information content (AvgIpc) is 3.31. The molecule has 1 saturated heterocycles. The molecule has 2 atom stereocenters. The highest BCUT2D eigenvalue weighted by atomic mass is 32.1. The number of thiazole rings is 1. The summed E-state index contributed by atoms with van der Waals surface area (Å²) in [6.07, 6.45) is 4.80. The Balaban J connectivity index is 1.39. The fraction of sp³-hybridized carbons (Fsp3) is 0.480. The van der Waals surface area contributed by atoms with E-state index < -0.39 is 0 Å². The van der Waals surface area contributed by atoms with Gasteiger partial charge in [0.05, 0.1) is 5.92 Å². The van der Waals surface area contributed by atoms with Gasteiger partial charge in [-0.2, -0.15) is 4.98 Å². The fourth-order valence-electron chi connectivity index (χ4n) is 4.34. The Morgan fingerprint density at radius 2 is 2.06 bits per heavy atom. The van der Waals surface area contributed by atoms with Crippen LogP contribution in [0, 0.1) is 5.92 Å². The largest absolute Gasteiger partial charge is 0.356 e. The van der Waals surface area contributed by atoms with Crippen LogP contribution in [-0.2, 0) is 22.6 Å². The quantitative estimate of drug-likeness (QED) is 0.471. The highest BCUT2D eigenvalue weighted by molar-refractivity contribution is 7.22. The second kappa shape index (κ2) is 11.4. The second-order valence-electron chi connectivity index (χ2n) is 9.00. The molecule has 9 nitrogen and oxygen atoms in total. The third-order valence-electron chi connectivity index (χ3n) is 6.22. The predicted molar refractivity (Wildman–Crippen MR) is 138 cm³/mol. The molecule has 2 N–H and O–H groups in total. The summed E-state index contributed by atoms with van der Waals surface area (Å²) in [6.45, 7) is 5.75. The molecule has 3 aromatic rings. The van der Waals surface area contributed by atoms with Crippen molar-refractivity contribution in [1.29, 1.82) is 0 Å². The Morgan fingerprint density at radius 3 is 2.83 bits per heavy atom. The first-order valence-corrected chi connectivity index (χ1v) is 13.0. The van der Waals surface area contributed by atoms with Crippen molar-refractivity contribution < 1.29 is 9.59 Å². The van der Waals surface area contributed by atoms with Gasteiger partial charge in [-0.15, -0.1) is 0 Å². The Labute approximate surface area is 208 Å². The lowest BCUT2D eigenvalue weighted by atomic mass is 9.97. The molecule has 1 aliphatic rings. The van der Waals surface area contributed by atoms with Gasteiger partial charge in [0, 0.05) is 25.7 Å². The van der Waals surface area contributed by atoms with Crippen molar-refractivity contribution in [3.05, 3.63) is 52.6 Å². The summed E-state index contributed by atoms with van der Waals surface area (Å²) >= 11 is 1.27. The number of amides is 2. The molecule has 1 aliphatic heterocycles. The van der Waals surface area contributed by atoms with Gasteiger partial charge in [0.1, 0.15) is 17.6 Å². The summed E-state index contributed by atoms with van der Waals surface area (Å²) in [5.41, 5.74) is 1.33. The molecule has 4 rings (SSSR count). The van der Waals surface area contributed by atoms with Gasteiger partial charge in [-0.05, 0) is 45.1 Å². The molecule has 3 heterocycles. The van der Waals surface area contributed by atoms with E-state index in [2.05, 4.69) is 37.6 Å². The van der Waals surface area contributed by atoms with Crippen molar-refractivity contribution in [2.24, 2.45) is 5.92 Å². The van der Waals surface area contributed by atoms with Gasteiger partial charge in [0.15, 0.2) is 10.8 Å². The zero-order valence-electron chi connectivity index (χ0n) is 20.2. The SMILES string of the molecule is CCNC(=O)[C@H]1CCCN(c2nc3ncn(CC(=O)N[C@@H](C)CCc4ccccc4)c(=O)c3s2)C1. The molecule has 2 aromatic heterocycles. The Hall–Kier alpha value is -3.27. The van der Waals surface area contributed by atoms with Crippen molar-refractivity contribution in [1.82, 2.24) is 25.2 Å². The first-order valence-electron chi connectivity index (χ1n) is 12.2. The minimum Gasteiger partial charge on any atom is -0.356 e. The third-order valence-corrected chi connectivity index (χ3v) is 7.31. The Kier molecular flexibility index (Phi) is 8.12. The monoisotopic (exact) mass is 496 g/mol. The number of nitrogens with zero attached hydrogens (tertiary/aromatic N) is 4. The zero-order chi connectivity index (χ0) is 24.8. The molecule has 0 unspecified atom stereocenters. The zero-order valence-corrected chi connectivity index (χ0v) is 21.0. The molecule has 0 bridgehead atoms. The molecule has 2 amide bonds. The number of piperidine rings is 1. The van der Waals surface area contributed by atoms with Gasteiger partial charge >= 0.3 is 0 Å². The highest BCUT2D eigenvalue weighted by Gasteiger charge is 2.27. The summed E-state index contributed by atoms with van der Waals surface area (Å²) in [5, 5.41) is 6.55. The number of rotatable bonds is 9. The number of hydrogen-bond acceptors (Lipinski definition) is 7. The third kappa shape index (κ3) is 6.25. The Morgan fingerprint density at radius 1 is 1.26 bits per heavy atom. The summed E-state index contributed by atoms with van der Waals surface area (Å²) in [6, 6.07) is 10.1. The van der Waals surface area contributed by atoms with E-state index in [1.54, 1.807) is 0 Å². The minimum absolute atomic E-state index is 0.0120. The number of aromatic nitrogens is 3. The van der Waals surface area contributed by atoms with Crippen molar-refractivity contribution in [2.75, 3.05) is 24.5 Å². The summed E-state index contributed by atoms with van der Waals surface area (Å²) in [7, 11) is 0. The lowest BCUT2D eigenvalue weighted by molar-refractivity contribution is -0.125. The van der Waals surface area contributed by atoms with E-state index in [9.17, 15) is 14.4 Å². The van der Waals surface area contributed by atoms with Crippen LogP contribution in [0.4, 0.5) is 5.13 Å². The van der Waals surface area contributed by atoms with Crippen LogP contribution in [0.3, 0.4) is 0 Å². The van der Waals surface area contributed by atoms with Crippen LogP contribution in [0.15, 0.2) is 41.5 Å². The maximum atomic E-state index is 13.0. The number of aryl methyl sites for hydroxylation is 1.